The van der Waals surface area contributed by atoms with Crippen molar-refractivity contribution in [2.75, 3.05) is 56.2 Å². The van der Waals surface area contributed by atoms with Gasteiger partial charge < -0.3 is 19.6 Å². The van der Waals surface area contributed by atoms with Gasteiger partial charge in [0, 0.05) is 80.6 Å². The van der Waals surface area contributed by atoms with Gasteiger partial charge in [0.15, 0.2) is 11.6 Å². The maximum Gasteiger partial charge on any atom is 0.174 e. The minimum Gasteiger partial charge on any atom is -0.505 e. The molecule has 2 aliphatic heterocycles. The molecule has 4 heterocycles. The van der Waals surface area contributed by atoms with Crippen LogP contribution >= 0.6 is 0 Å². The number of phenolic OH excluding ortho intramolecular Hbond substituents is 1. The van der Waals surface area contributed by atoms with E-state index in [1.54, 1.807) is 25.4 Å². The molecule has 0 amide bonds. The number of nitrogens with zero attached hydrogens (tertiary/aromatic N) is 5. The predicted molar refractivity (Wildman–Crippen MR) is 141 cm³/mol. The molecule has 2 aromatic heterocycles. The lowest BCUT2D eigenvalue weighted by atomic mass is 10.0. The second-order valence-corrected chi connectivity index (χ2v) is 9.59. The maximum absolute atomic E-state index is 14.4. The lowest BCUT2D eigenvalue weighted by Gasteiger charge is -2.44. The van der Waals surface area contributed by atoms with Crippen LogP contribution in [0.1, 0.15) is 12.8 Å². The van der Waals surface area contributed by atoms with Gasteiger partial charge in [-0.2, -0.15) is 0 Å². The summed E-state index contributed by atoms with van der Waals surface area (Å²) in [6.07, 6.45) is 5.57. The van der Waals surface area contributed by atoms with Crippen LogP contribution in [-0.2, 0) is 0 Å². The van der Waals surface area contributed by atoms with Gasteiger partial charge in [0.2, 0.25) is 0 Å². The average molecular weight is 488 g/mol. The fourth-order valence-corrected chi connectivity index (χ4v) is 5.73. The molecule has 0 saturated carbocycles. The van der Waals surface area contributed by atoms with Crippen molar-refractivity contribution in [2.45, 2.75) is 18.9 Å². The number of ether oxygens (including phenoxy) is 1. The molecule has 0 aliphatic carbocycles. The number of piperazine rings is 1. The zero-order chi connectivity index (χ0) is 24.6. The highest BCUT2D eigenvalue weighted by Gasteiger charge is 2.29. The number of hydrogen-bond acceptors (Lipinski definition) is 7. The molecule has 7 nitrogen and oxygen atoms in total. The van der Waals surface area contributed by atoms with Crippen molar-refractivity contribution in [1.82, 2.24) is 14.9 Å². The monoisotopic (exact) mass is 487 g/mol. The van der Waals surface area contributed by atoms with Crippen LogP contribution in [0.2, 0.25) is 0 Å². The lowest BCUT2D eigenvalue weighted by Crippen LogP contribution is -2.53. The van der Waals surface area contributed by atoms with Crippen LogP contribution in [0.15, 0.2) is 54.9 Å². The summed E-state index contributed by atoms with van der Waals surface area (Å²) in [5, 5.41) is 11.6. The van der Waals surface area contributed by atoms with Crippen LogP contribution in [0.5, 0.6) is 11.5 Å². The first kappa shape index (κ1) is 22.8. The number of piperidine rings is 1. The average Bonchev–Trinajstić information content (AvgIpc) is 2.94. The Kier molecular flexibility index (Phi) is 5.97. The number of benzene rings is 2. The number of hydrogen-bond donors (Lipinski definition) is 1. The molecule has 1 N–H and O–H groups in total. The molecule has 2 saturated heterocycles. The molecule has 2 aromatic carbocycles. The topological polar surface area (TPSA) is 65.0 Å². The Morgan fingerprint density at radius 2 is 1.53 bits per heavy atom. The smallest absolute Gasteiger partial charge is 0.174 e. The van der Waals surface area contributed by atoms with Gasteiger partial charge in [-0.05, 0) is 37.1 Å². The molecule has 2 fully saturated rings. The Labute approximate surface area is 209 Å². The molecule has 0 radical (unpaired) electrons. The van der Waals surface area contributed by atoms with Gasteiger partial charge in [0.25, 0.3) is 0 Å². The number of aromatic nitrogens is 2. The SMILES string of the molecule is COc1cc(N2CCN(C3CCN(c4cc(O)c(F)c5cccnc45)CC3)CC2)c2ncccc2c1. The van der Waals surface area contributed by atoms with Crippen LogP contribution in [0.3, 0.4) is 0 Å². The fourth-order valence-electron chi connectivity index (χ4n) is 5.73. The van der Waals surface area contributed by atoms with Crippen molar-refractivity contribution in [3.8, 4) is 11.5 Å². The van der Waals surface area contributed by atoms with Gasteiger partial charge in [0.05, 0.1) is 29.5 Å². The summed E-state index contributed by atoms with van der Waals surface area (Å²) in [6.45, 7) is 5.59. The van der Waals surface area contributed by atoms with Crippen molar-refractivity contribution in [2.24, 2.45) is 0 Å². The van der Waals surface area contributed by atoms with Crippen LogP contribution < -0.4 is 14.5 Å². The molecular formula is C28H30FN5O2. The van der Waals surface area contributed by atoms with Gasteiger partial charge in [-0.25, -0.2) is 4.39 Å². The Morgan fingerprint density at radius 3 is 2.28 bits per heavy atom. The molecule has 6 rings (SSSR count). The molecule has 0 bridgehead atoms. The van der Waals surface area contributed by atoms with E-state index < -0.39 is 5.82 Å². The number of anilines is 2. The summed E-state index contributed by atoms with van der Waals surface area (Å²) in [5.41, 5.74) is 3.57. The van der Waals surface area contributed by atoms with E-state index in [9.17, 15) is 9.50 Å². The molecule has 0 atom stereocenters. The summed E-state index contributed by atoms with van der Waals surface area (Å²) in [6, 6.07) is 13.6. The third kappa shape index (κ3) is 4.05. The quantitative estimate of drug-likeness (QED) is 0.457. The van der Waals surface area contributed by atoms with Crippen molar-refractivity contribution < 1.29 is 14.2 Å². The first-order valence-corrected chi connectivity index (χ1v) is 12.6. The van der Waals surface area contributed by atoms with Crippen molar-refractivity contribution in [3.05, 3.63) is 60.7 Å². The molecule has 186 valence electrons. The van der Waals surface area contributed by atoms with E-state index >= 15 is 0 Å². The zero-order valence-corrected chi connectivity index (χ0v) is 20.4. The number of aromatic hydroxyl groups is 1. The summed E-state index contributed by atoms with van der Waals surface area (Å²) >= 11 is 0. The number of pyridine rings is 2. The molecule has 4 aromatic rings. The minimum atomic E-state index is -0.603. The lowest BCUT2D eigenvalue weighted by molar-refractivity contribution is 0.160. The normalized spacial score (nSPS) is 17.7. The molecule has 8 heteroatoms. The van der Waals surface area contributed by atoms with E-state index in [0.29, 0.717) is 16.9 Å². The number of halogens is 1. The standard InChI is InChI=1S/C28H30FN5O2/c1-36-21-16-19-4-2-8-30-27(19)23(17-21)34-14-12-32(13-15-34)20-6-10-33(11-7-20)24-18-25(35)26(29)22-5-3-9-31-28(22)24/h2-5,8-9,16-18,20,35H,6-7,10-15H2,1H3. The van der Waals surface area contributed by atoms with E-state index in [-0.39, 0.29) is 5.75 Å². The summed E-state index contributed by atoms with van der Waals surface area (Å²) in [7, 11) is 1.71. The fraction of sp³-hybridized carbons (Fsp3) is 0.357. The van der Waals surface area contributed by atoms with Gasteiger partial charge in [0.1, 0.15) is 5.75 Å². The van der Waals surface area contributed by atoms with Gasteiger partial charge in [-0.1, -0.05) is 6.07 Å². The number of phenols is 1. The van der Waals surface area contributed by atoms with Gasteiger partial charge in [-0.15, -0.1) is 0 Å². The van der Waals surface area contributed by atoms with E-state index in [2.05, 4.69) is 36.8 Å². The molecule has 0 unspecified atom stereocenters. The van der Waals surface area contributed by atoms with Crippen LogP contribution in [0.4, 0.5) is 15.8 Å². The first-order valence-electron chi connectivity index (χ1n) is 12.6. The molecule has 0 spiro atoms. The highest BCUT2D eigenvalue weighted by molar-refractivity contribution is 5.93. The van der Waals surface area contributed by atoms with E-state index in [0.717, 1.165) is 80.1 Å². The second-order valence-electron chi connectivity index (χ2n) is 9.59. The molecular weight excluding hydrogens is 457 g/mol. The largest absolute Gasteiger partial charge is 0.505 e. The third-order valence-corrected chi connectivity index (χ3v) is 7.66. The third-order valence-electron chi connectivity index (χ3n) is 7.66. The minimum absolute atomic E-state index is 0.316. The van der Waals surface area contributed by atoms with Crippen molar-refractivity contribution in [3.63, 3.8) is 0 Å². The van der Waals surface area contributed by atoms with Crippen LogP contribution in [0.25, 0.3) is 21.8 Å². The van der Waals surface area contributed by atoms with Gasteiger partial charge in [-0.3, -0.25) is 14.9 Å². The number of fused-ring (bicyclic) bond motifs is 2. The Hall–Kier alpha value is -3.65. The summed E-state index contributed by atoms with van der Waals surface area (Å²) in [4.78, 5) is 16.3. The van der Waals surface area contributed by atoms with E-state index in [4.69, 9.17) is 4.74 Å². The Morgan fingerprint density at radius 1 is 0.861 bits per heavy atom. The molecule has 36 heavy (non-hydrogen) atoms. The first-order chi connectivity index (χ1) is 17.6. The van der Waals surface area contributed by atoms with Crippen molar-refractivity contribution >= 4 is 33.2 Å². The molecule has 2 aliphatic rings. The summed E-state index contributed by atoms with van der Waals surface area (Å²) in [5.74, 6) is -0.0638. The number of methoxy groups -OCH3 is 1. The van der Waals surface area contributed by atoms with Crippen LogP contribution in [0, 0.1) is 5.82 Å². The highest BCUT2D eigenvalue weighted by Crippen LogP contribution is 2.36. The van der Waals surface area contributed by atoms with Gasteiger partial charge >= 0.3 is 0 Å². The second kappa shape index (κ2) is 9.43. The van der Waals surface area contributed by atoms with E-state index in [1.165, 1.54) is 6.07 Å². The predicted octanol–water partition coefficient (Wildman–Crippen LogP) is 4.43. The number of rotatable bonds is 4. The Balaban J connectivity index is 1.13. The van der Waals surface area contributed by atoms with Crippen LogP contribution in [-0.4, -0.2) is 72.4 Å². The van der Waals surface area contributed by atoms with E-state index in [1.807, 2.05) is 18.3 Å². The van der Waals surface area contributed by atoms with Crippen molar-refractivity contribution in [1.29, 1.82) is 0 Å². The highest BCUT2D eigenvalue weighted by atomic mass is 19.1. The summed E-state index contributed by atoms with van der Waals surface area (Å²) < 4.78 is 20.0. The maximum atomic E-state index is 14.4. The Bertz CT molecular complexity index is 1400. The zero-order valence-electron chi connectivity index (χ0n) is 20.4.